The average Bonchev–Trinajstić information content (AvgIpc) is 3.33. The number of hydrogen-bond acceptors (Lipinski definition) is 4. The van der Waals surface area contributed by atoms with Gasteiger partial charge in [-0.1, -0.05) is 12.1 Å². The first-order chi connectivity index (χ1) is 16.8. The normalized spacial score (nSPS) is 23.0. The van der Waals surface area contributed by atoms with Crippen LogP contribution in [0.4, 0.5) is 10.1 Å². The fraction of sp³-hybridized carbons (Fsp3) is 0.357. The van der Waals surface area contributed by atoms with Crippen molar-refractivity contribution >= 4 is 28.6 Å². The Kier molecular flexibility index (Phi) is 5.97. The third kappa shape index (κ3) is 4.36. The zero-order chi connectivity index (χ0) is 24.7. The first kappa shape index (κ1) is 23.3. The molecule has 35 heavy (non-hydrogen) atoms. The van der Waals surface area contributed by atoms with Gasteiger partial charge in [0.1, 0.15) is 17.2 Å². The Morgan fingerprint density at radius 3 is 2.74 bits per heavy atom. The molecule has 1 fully saturated rings. The van der Waals surface area contributed by atoms with E-state index in [9.17, 15) is 19.1 Å². The second kappa shape index (κ2) is 8.96. The van der Waals surface area contributed by atoms with E-state index >= 15 is 0 Å². The molecule has 3 aliphatic rings. The minimum Gasteiger partial charge on any atom is -0.482 e. The number of aliphatic hydroxyl groups is 1. The molecule has 5 rings (SSSR count). The number of rotatable bonds is 4. The quantitative estimate of drug-likeness (QED) is 0.632. The molecule has 0 saturated carbocycles. The Balaban J connectivity index is 1.41. The number of allylic oxidation sites excluding steroid dienone is 1. The maximum absolute atomic E-state index is 13.6. The Bertz CT molecular complexity index is 1240. The predicted molar refractivity (Wildman–Crippen MR) is 132 cm³/mol. The molecule has 3 aliphatic heterocycles. The number of aliphatic hydroxyl groups excluding tert-OH is 1. The van der Waals surface area contributed by atoms with Gasteiger partial charge in [0.2, 0.25) is 0 Å². The van der Waals surface area contributed by atoms with Crippen molar-refractivity contribution in [2.24, 2.45) is 5.92 Å². The predicted octanol–water partition coefficient (Wildman–Crippen LogP) is 4.62. The van der Waals surface area contributed by atoms with Gasteiger partial charge in [0.05, 0.1) is 11.3 Å². The molecule has 6 nitrogen and oxygen atoms in total. The van der Waals surface area contributed by atoms with Crippen LogP contribution in [0.2, 0.25) is 0 Å². The number of ether oxygens (including phenoxy) is 1. The van der Waals surface area contributed by atoms with E-state index in [1.54, 1.807) is 6.07 Å². The SMILES string of the molecule is CC1(C)O/C(=C2/C(=O)Nc3cc(F)ccc32)C=C1c1ccc(C(=O)N2CCCC(CCO)C2)cc1. The second-order valence-corrected chi connectivity index (χ2v) is 9.90. The largest absolute Gasteiger partial charge is 0.482 e. The summed E-state index contributed by atoms with van der Waals surface area (Å²) < 4.78 is 19.8. The van der Waals surface area contributed by atoms with Crippen molar-refractivity contribution in [2.75, 3.05) is 25.0 Å². The van der Waals surface area contributed by atoms with Crippen molar-refractivity contribution in [1.29, 1.82) is 0 Å². The standard InChI is InChI=1S/C28H29FN2O4/c1-28(2)22(15-24(35-28)25-21-10-9-20(29)14-23(21)30-26(25)33)18-5-7-19(8-6-18)27(34)31-12-3-4-17(16-31)11-13-32/h5-10,14-15,17,32H,3-4,11-13,16H2,1-2H3,(H,30,33)/b25-24+. The Hall–Kier alpha value is -3.45. The minimum atomic E-state index is -0.693. The van der Waals surface area contributed by atoms with Gasteiger partial charge >= 0.3 is 0 Å². The number of piperidine rings is 1. The van der Waals surface area contributed by atoms with Crippen molar-refractivity contribution in [2.45, 2.75) is 38.7 Å². The summed E-state index contributed by atoms with van der Waals surface area (Å²) in [6.07, 6.45) is 4.57. The molecule has 182 valence electrons. The second-order valence-electron chi connectivity index (χ2n) is 9.90. The highest BCUT2D eigenvalue weighted by Gasteiger charge is 2.38. The van der Waals surface area contributed by atoms with Crippen molar-refractivity contribution in [3.05, 3.63) is 76.8 Å². The van der Waals surface area contributed by atoms with Crippen LogP contribution in [0.25, 0.3) is 11.1 Å². The van der Waals surface area contributed by atoms with E-state index in [-0.39, 0.29) is 18.4 Å². The van der Waals surface area contributed by atoms with Gasteiger partial charge in [0, 0.05) is 36.4 Å². The molecule has 2 amide bonds. The van der Waals surface area contributed by atoms with E-state index < -0.39 is 11.4 Å². The van der Waals surface area contributed by atoms with Crippen LogP contribution in [0, 0.1) is 11.7 Å². The van der Waals surface area contributed by atoms with E-state index in [1.165, 1.54) is 12.1 Å². The zero-order valence-corrected chi connectivity index (χ0v) is 19.9. The van der Waals surface area contributed by atoms with Gasteiger partial charge in [-0.2, -0.15) is 0 Å². The van der Waals surface area contributed by atoms with Gasteiger partial charge in [-0.05, 0) is 81.0 Å². The van der Waals surface area contributed by atoms with Crippen LogP contribution in [0.5, 0.6) is 0 Å². The summed E-state index contributed by atoms with van der Waals surface area (Å²) in [6.45, 7) is 5.42. The van der Waals surface area contributed by atoms with Crippen molar-refractivity contribution in [3.63, 3.8) is 0 Å². The summed E-state index contributed by atoms with van der Waals surface area (Å²) in [5.74, 6) is 0.0539. The third-order valence-electron chi connectivity index (χ3n) is 7.05. The molecule has 1 atom stereocenters. The van der Waals surface area contributed by atoms with E-state index in [4.69, 9.17) is 4.74 Å². The summed E-state index contributed by atoms with van der Waals surface area (Å²) in [7, 11) is 0. The smallest absolute Gasteiger partial charge is 0.260 e. The average molecular weight is 477 g/mol. The Labute approximate surface area is 204 Å². The van der Waals surface area contributed by atoms with Gasteiger partial charge in [-0.15, -0.1) is 0 Å². The van der Waals surface area contributed by atoms with E-state index in [2.05, 4.69) is 5.32 Å². The highest BCUT2D eigenvalue weighted by Crippen LogP contribution is 2.44. The number of nitrogens with zero attached hydrogens (tertiary/aromatic N) is 1. The van der Waals surface area contributed by atoms with Crippen molar-refractivity contribution in [1.82, 2.24) is 4.90 Å². The molecule has 0 aromatic heterocycles. The van der Waals surface area contributed by atoms with Gasteiger partial charge < -0.3 is 20.1 Å². The number of halogens is 1. The van der Waals surface area contributed by atoms with Gasteiger partial charge in [-0.25, -0.2) is 4.39 Å². The van der Waals surface area contributed by atoms with Crippen molar-refractivity contribution < 1.29 is 23.8 Å². The molecular formula is C28H29FN2O4. The maximum atomic E-state index is 13.6. The van der Waals surface area contributed by atoms with Crippen LogP contribution in [-0.4, -0.2) is 47.1 Å². The summed E-state index contributed by atoms with van der Waals surface area (Å²) in [5, 5.41) is 11.9. The van der Waals surface area contributed by atoms with Crippen LogP contribution in [0.15, 0.2) is 54.3 Å². The fourth-order valence-corrected chi connectivity index (χ4v) is 5.25. The molecule has 1 saturated heterocycles. The van der Waals surface area contributed by atoms with E-state index in [0.29, 0.717) is 40.6 Å². The third-order valence-corrected chi connectivity index (χ3v) is 7.05. The zero-order valence-electron chi connectivity index (χ0n) is 19.9. The van der Waals surface area contributed by atoms with Crippen LogP contribution in [0.1, 0.15) is 54.6 Å². The lowest BCUT2D eigenvalue weighted by molar-refractivity contribution is -0.111. The molecule has 0 bridgehead atoms. The monoisotopic (exact) mass is 476 g/mol. The summed E-state index contributed by atoms with van der Waals surface area (Å²) in [5.41, 5.74) is 3.16. The lowest BCUT2D eigenvalue weighted by atomic mass is 9.91. The molecule has 2 aromatic rings. The van der Waals surface area contributed by atoms with Crippen LogP contribution >= 0.6 is 0 Å². The summed E-state index contributed by atoms with van der Waals surface area (Å²) >= 11 is 0. The summed E-state index contributed by atoms with van der Waals surface area (Å²) in [6, 6.07) is 11.7. The number of nitrogens with one attached hydrogen (secondary N) is 1. The number of carbonyl (C=O) groups is 2. The summed E-state index contributed by atoms with van der Waals surface area (Å²) in [4.78, 5) is 27.6. The number of likely N-dealkylation sites (tertiary alicyclic amines) is 1. The van der Waals surface area contributed by atoms with Crippen LogP contribution in [0.3, 0.4) is 0 Å². The minimum absolute atomic E-state index is 0.00405. The highest BCUT2D eigenvalue weighted by molar-refractivity contribution is 6.32. The molecule has 0 aliphatic carbocycles. The van der Waals surface area contributed by atoms with E-state index in [0.717, 1.165) is 36.9 Å². The first-order valence-corrected chi connectivity index (χ1v) is 12.0. The number of anilines is 1. The van der Waals surface area contributed by atoms with Gasteiger partial charge in [0.25, 0.3) is 11.8 Å². The molecule has 3 heterocycles. The lowest BCUT2D eigenvalue weighted by Gasteiger charge is -2.32. The number of hydrogen-bond donors (Lipinski definition) is 2. The molecule has 7 heteroatoms. The molecular weight excluding hydrogens is 447 g/mol. The van der Waals surface area contributed by atoms with Crippen LogP contribution < -0.4 is 5.32 Å². The fourth-order valence-electron chi connectivity index (χ4n) is 5.25. The topological polar surface area (TPSA) is 78.9 Å². The van der Waals surface area contributed by atoms with Gasteiger partial charge in [0.15, 0.2) is 0 Å². The maximum Gasteiger partial charge on any atom is 0.260 e. The van der Waals surface area contributed by atoms with Crippen molar-refractivity contribution in [3.8, 4) is 0 Å². The molecule has 0 radical (unpaired) electrons. The molecule has 2 aromatic carbocycles. The lowest BCUT2D eigenvalue weighted by Crippen LogP contribution is -2.40. The molecule has 0 spiro atoms. The Morgan fingerprint density at radius 2 is 2.00 bits per heavy atom. The number of benzene rings is 2. The highest BCUT2D eigenvalue weighted by atomic mass is 19.1. The Morgan fingerprint density at radius 1 is 1.23 bits per heavy atom. The molecule has 1 unspecified atom stereocenters. The first-order valence-electron chi connectivity index (χ1n) is 12.0. The number of amides is 2. The number of carbonyl (C=O) groups excluding carboxylic acids is 2. The number of fused-ring (bicyclic) bond motifs is 1. The van der Waals surface area contributed by atoms with Gasteiger partial charge in [-0.3, -0.25) is 9.59 Å². The van der Waals surface area contributed by atoms with E-state index in [1.807, 2.05) is 49.1 Å². The van der Waals surface area contributed by atoms with Crippen LogP contribution in [-0.2, 0) is 9.53 Å². The molecule has 2 N–H and O–H groups in total.